The second-order valence-electron chi connectivity index (χ2n) is 23.6. The summed E-state index contributed by atoms with van der Waals surface area (Å²) in [6.45, 7) is 5.09. The van der Waals surface area contributed by atoms with Gasteiger partial charge in [0.05, 0.1) is 47.4 Å². The van der Waals surface area contributed by atoms with E-state index in [4.69, 9.17) is 4.74 Å². The molecule has 1 aromatic heterocycles. The number of nitriles is 1. The standard InChI is InChI=1S/C63H71N5O/c1-63(2)50-23-11-6-18-41(50)48-34-39(28-31-51(48)63)52-32-33-53(66-62(65-52)38-16-4-3-5-17-38)49-35-40(37-64)57(67-54-24-12-7-19-42(54)43-20-8-13-25-55(43)67)36-58(49)68-56-26-14-9-21-44(56)46-29-30-47-45-22-10-15-27-59(45)69-61(47)60(46)68/h3-7,11,13-14,16,19,25-26,28-30,32-35,38,41-43,47,50-55,58,61-62,65-66H,8-10,12,15,17-18,20-24,27,31,36H2,1-2H3. The molecular weight excluding hydrogens is 843 g/mol. The van der Waals surface area contributed by atoms with E-state index < -0.39 is 0 Å². The Kier molecular flexibility index (Phi) is 10.4. The number of nitrogens with zero attached hydrogens (tertiary/aromatic N) is 3. The molecule has 0 radical (unpaired) electrons. The second kappa shape index (κ2) is 16.8. The van der Waals surface area contributed by atoms with Crippen molar-refractivity contribution < 1.29 is 4.74 Å². The van der Waals surface area contributed by atoms with E-state index in [1.165, 1.54) is 77.2 Å². The number of allylic oxidation sites excluding steroid dienone is 14. The summed E-state index contributed by atoms with van der Waals surface area (Å²) in [6, 6.07) is 3.60. The first-order valence-electron chi connectivity index (χ1n) is 27.5. The number of hydrogen-bond acceptors (Lipinski definition) is 5. The Labute approximate surface area is 411 Å². The highest BCUT2D eigenvalue weighted by atomic mass is 16.5. The van der Waals surface area contributed by atoms with Gasteiger partial charge in [-0.2, -0.15) is 5.26 Å². The van der Waals surface area contributed by atoms with Crippen molar-refractivity contribution in [2.45, 2.75) is 153 Å². The molecule has 14 atom stereocenters. The topological polar surface area (TPSA) is 65.2 Å². The van der Waals surface area contributed by atoms with Crippen LogP contribution in [0.15, 0.2) is 143 Å². The van der Waals surface area contributed by atoms with Crippen LogP contribution in [0.3, 0.4) is 0 Å². The molecule has 2 fully saturated rings. The number of rotatable bonds is 5. The molecule has 1 aromatic rings. The molecule has 0 bridgehead atoms. The van der Waals surface area contributed by atoms with Crippen LogP contribution in [0.5, 0.6) is 0 Å². The van der Waals surface area contributed by atoms with Crippen LogP contribution in [0.2, 0.25) is 0 Å². The lowest BCUT2D eigenvalue weighted by Gasteiger charge is -2.42. The van der Waals surface area contributed by atoms with Crippen molar-refractivity contribution in [2.24, 2.45) is 46.8 Å². The highest BCUT2D eigenvalue weighted by Gasteiger charge is 2.53. The number of hydrogen-bond donors (Lipinski definition) is 2. The van der Waals surface area contributed by atoms with E-state index in [0.29, 0.717) is 47.1 Å². The molecule has 2 N–H and O–H groups in total. The maximum atomic E-state index is 11.5. The highest BCUT2D eigenvalue weighted by Crippen LogP contribution is 2.61. The summed E-state index contributed by atoms with van der Waals surface area (Å²) >= 11 is 0. The van der Waals surface area contributed by atoms with E-state index in [2.05, 4.69) is 155 Å². The predicted octanol–water partition coefficient (Wildman–Crippen LogP) is 13.1. The van der Waals surface area contributed by atoms with Crippen molar-refractivity contribution in [1.29, 1.82) is 5.26 Å². The van der Waals surface area contributed by atoms with E-state index in [1.54, 1.807) is 11.1 Å². The van der Waals surface area contributed by atoms with Gasteiger partial charge in [0.1, 0.15) is 12.2 Å². The first-order valence-corrected chi connectivity index (χ1v) is 27.5. The fourth-order valence-corrected chi connectivity index (χ4v) is 16.8. The minimum Gasteiger partial charge on any atom is -0.488 e. The SMILES string of the molecule is CC1(C)C2CC=C(C3C=CC(C4=CC(C#N)=C(N5C6C=CCCC6C6C=CCCC65)CC4n4c5c(c6c4C4OC7=C(CCCC7)C4C=C6)CCC=C5)NC(C4C=CC=CC4)N3)C=C2C2CC=CCC21. The van der Waals surface area contributed by atoms with Crippen molar-refractivity contribution >= 4 is 12.2 Å². The van der Waals surface area contributed by atoms with Gasteiger partial charge in [-0.05, 0) is 147 Å². The molecule has 14 unspecified atom stereocenters. The third kappa shape index (κ3) is 6.68. The second-order valence-corrected chi connectivity index (χ2v) is 23.6. The fourth-order valence-electron chi connectivity index (χ4n) is 16.8. The molecular formula is C63H71N5O. The van der Waals surface area contributed by atoms with Crippen LogP contribution in [-0.4, -0.2) is 39.8 Å². The first-order chi connectivity index (χ1) is 33.9. The third-order valence-electron chi connectivity index (χ3n) is 20.1. The maximum absolute atomic E-state index is 11.5. The Morgan fingerprint density at radius 2 is 1.65 bits per heavy atom. The van der Waals surface area contributed by atoms with Crippen molar-refractivity contribution in [3.05, 3.63) is 165 Å². The van der Waals surface area contributed by atoms with Gasteiger partial charge in [0.15, 0.2) is 0 Å². The van der Waals surface area contributed by atoms with Gasteiger partial charge in [0.25, 0.3) is 0 Å². The lowest BCUT2D eigenvalue weighted by atomic mass is 9.70. The third-order valence-corrected chi connectivity index (χ3v) is 20.1. The van der Waals surface area contributed by atoms with Crippen molar-refractivity contribution in [3.63, 3.8) is 0 Å². The summed E-state index contributed by atoms with van der Waals surface area (Å²) in [7, 11) is 0. The molecule has 6 heteroatoms. The zero-order chi connectivity index (χ0) is 46.0. The number of ether oxygens (including phenoxy) is 1. The van der Waals surface area contributed by atoms with Crippen LogP contribution in [0, 0.1) is 58.2 Å². The van der Waals surface area contributed by atoms with Gasteiger partial charge in [0.2, 0.25) is 0 Å². The minimum atomic E-state index is -0.0946. The number of nitrogens with one attached hydrogen (secondary N) is 2. The van der Waals surface area contributed by atoms with Gasteiger partial charge in [-0.1, -0.05) is 123 Å². The molecule has 0 aromatic carbocycles. The summed E-state index contributed by atoms with van der Waals surface area (Å²) < 4.78 is 10.1. The molecule has 13 aliphatic rings. The average molecular weight is 914 g/mol. The van der Waals surface area contributed by atoms with Crippen LogP contribution in [0.25, 0.3) is 12.2 Å². The van der Waals surface area contributed by atoms with Gasteiger partial charge in [-0.25, -0.2) is 0 Å². The van der Waals surface area contributed by atoms with Gasteiger partial charge >= 0.3 is 0 Å². The van der Waals surface area contributed by atoms with Gasteiger partial charge in [0, 0.05) is 53.6 Å². The highest BCUT2D eigenvalue weighted by molar-refractivity contribution is 5.71. The summed E-state index contributed by atoms with van der Waals surface area (Å²) in [6.07, 6.45) is 63.2. The molecule has 6 nitrogen and oxygen atoms in total. The molecule has 10 aliphatic carbocycles. The number of likely N-dealkylation sites (tertiary alicyclic amines) is 1. The van der Waals surface area contributed by atoms with Crippen molar-refractivity contribution in [1.82, 2.24) is 20.1 Å². The Morgan fingerprint density at radius 3 is 2.57 bits per heavy atom. The van der Waals surface area contributed by atoms with Crippen molar-refractivity contribution in [3.8, 4) is 6.07 Å². The van der Waals surface area contributed by atoms with Crippen LogP contribution < -0.4 is 10.6 Å². The fraction of sp³-hybridized carbons (Fsp3) is 0.508. The van der Waals surface area contributed by atoms with E-state index >= 15 is 0 Å². The quantitative estimate of drug-likeness (QED) is 0.288. The largest absolute Gasteiger partial charge is 0.488 e. The summed E-state index contributed by atoms with van der Waals surface area (Å²) in [4.78, 5) is 2.80. The summed E-state index contributed by atoms with van der Waals surface area (Å²) in [5, 5.41) is 20.1. The van der Waals surface area contributed by atoms with Gasteiger partial charge < -0.3 is 14.2 Å². The van der Waals surface area contributed by atoms with Crippen LogP contribution in [-0.2, 0) is 11.2 Å². The lowest BCUT2D eigenvalue weighted by molar-refractivity contribution is 0.109. The van der Waals surface area contributed by atoms with E-state index in [1.807, 2.05) is 0 Å². The smallest absolute Gasteiger partial charge is 0.149 e. The molecule has 0 amide bonds. The monoisotopic (exact) mass is 914 g/mol. The molecule has 3 aliphatic heterocycles. The molecule has 0 spiro atoms. The molecule has 1 saturated heterocycles. The van der Waals surface area contributed by atoms with Crippen LogP contribution in [0.1, 0.15) is 138 Å². The van der Waals surface area contributed by atoms with E-state index in [9.17, 15) is 5.26 Å². The lowest BCUT2D eigenvalue weighted by Crippen LogP contribution is -2.53. The normalized spacial score (nSPS) is 39.5. The molecule has 354 valence electrons. The Bertz CT molecular complexity index is 2800. The Balaban J connectivity index is 0.920. The van der Waals surface area contributed by atoms with Crippen LogP contribution >= 0.6 is 0 Å². The molecule has 4 heterocycles. The molecule has 1 saturated carbocycles. The number of aromatic nitrogens is 1. The Hall–Kier alpha value is -5.09. The molecule has 69 heavy (non-hydrogen) atoms. The Morgan fingerprint density at radius 1 is 0.783 bits per heavy atom. The number of fused-ring (bicyclic) bond motifs is 12. The van der Waals surface area contributed by atoms with Crippen LogP contribution in [0.4, 0.5) is 0 Å². The minimum absolute atomic E-state index is 0.00939. The zero-order valence-electron chi connectivity index (χ0n) is 40.9. The first kappa shape index (κ1) is 42.8. The zero-order valence-corrected chi connectivity index (χ0v) is 40.9. The van der Waals surface area contributed by atoms with Crippen molar-refractivity contribution in [2.75, 3.05) is 0 Å². The van der Waals surface area contributed by atoms with E-state index in [-0.39, 0.29) is 42.2 Å². The summed E-state index contributed by atoms with van der Waals surface area (Å²) in [5.74, 6) is 4.91. The summed E-state index contributed by atoms with van der Waals surface area (Å²) in [5.41, 5.74) is 14.0. The average Bonchev–Trinajstić information content (AvgIpc) is 4.06. The molecule has 14 rings (SSSR count). The van der Waals surface area contributed by atoms with Gasteiger partial charge in [-0.15, -0.1) is 0 Å². The maximum Gasteiger partial charge on any atom is 0.149 e. The van der Waals surface area contributed by atoms with Gasteiger partial charge in [-0.3, -0.25) is 10.6 Å². The van der Waals surface area contributed by atoms with E-state index in [0.717, 1.165) is 69.8 Å². The predicted molar refractivity (Wildman–Crippen MR) is 278 cm³/mol.